The van der Waals surface area contributed by atoms with E-state index in [2.05, 4.69) is 31.9 Å². The van der Waals surface area contributed by atoms with Crippen LogP contribution in [0, 0.1) is 23.6 Å². The van der Waals surface area contributed by atoms with E-state index >= 15 is 0 Å². The van der Waals surface area contributed by atoms with Gasteiger partial charge in [0.15, 0.2) is 21.2 Å². The molecule has 8 nitrogen and oxygen atoms in total. The van der Waals surface area contributed by atoms with Crippen LogP contribution in [-0.2, 0) is 19.2 Å². The number of imide groups is 2. The number of carbonyl (C=O) groups is 4. The van der Waals surface area contributed by atoms with Gasteiger partial charge in [0.05, 0.1) is 34.8 Å². The van der Waals surface area contributed by atoms with Gasteiger partial charge in [0.25, 0.3) is 11.8 Å². The lowest BCUT2D eigenvalue weighted by Crippen LogP contribution is -2.60. The van der Waals surface area contributed by atoms with Crippen LogP contribution in [0.3, 0.4) is 0 Å². The Morgan fingerprint density at radius 3 is 2.15 bits per heavy atom. The fraction of sp³-hybridized carbons (Fsp3) is 0.273. The van der Waals surface area contributed by atoms with E-state index in [1.165, 1.54) is 25.3 Å². The van der Waals surface area contributed by atoms with Crippen LogP contribution in [0.25, 0.3) is 0 Å². The van der Waals surface area contributed by atoms with Crippen molar-refractivity contribution in [3.05, 3.63) is 91.6 Å². The summed E-state index contributed by atoms with van der Waals surface area (Å²) in [5.74, 6) is -6.98. The lowest BCUT2D eigenvalue weighted by atomic mass is 9.56. The zero-order chi connectivity index (χ0) is 33.7. The Hall–Kier alpha value is -2.96. The summed E-state index contributed by atoms with van der Waals surface area (Å²) >= 11 is 27.8. The molecule has 0 aromatic heterocycles. The number of phenols is 1. The highest BCUT2D eigenvalue weighted by Crippen LogP contribution is 2.67. The van der Waals surface area contributed by atoms with Crippen LogP contribution in [-0.4, -0.2) is 45.6 Å². The van der Waals surface area contributed by atoms with Crippen LogP contribution in [0.15, 0.2) is 75.2 Å². The average molecular weight is 828 g/mol. The van der Waals surface area contributed by atoms with Gasteiger partial charge in [-0.25, -0.2) is 9.29 Å². The minimum atomic E-state index is -2.17. The van der Waals surface area contributed by atoms with Gasteiger partial charge < -0.3 is 9.84 Å². The monoisotopic (exact) mass is 824 g/mol. The molecule has 14 heteroatoms. The fourth-order valence-electron chi connectivity index (χ4n) is 7.57. The second-order valence-electron chi connectivity index (χ2n) is 11.9. The van der Waals surface area contributed by atoms with Gasteiger partial charge in [-0.3, -0.25) is 24.1 Å². The maximum absolute atomic E-state index is 14.6. The van der Waals surface area contributed by atoms with Gasteiger partial charge in [-0.1, -0.05) is 23.3 Å². The van der Waals surface area contributed by atoms with Crippen LogP contribution in [0.1, 0.15) is 24.3 Å². The van der Waals surface area contributed by atoms with Crippen molar-refractivity contribution in [1.82, 2.24) is 0 Å². The number of carbonyl (C=O) groups excluding carboxylic acids is 4. The minimum Gasteiger partial charge on any atom is -0.503 e. The summed E-state index contributed by atoms with van der Waals surface area (Å²) in [6, 6.07) is 12.6. The fourth-order valence-corrected chi connectivity index (χ4v) is 9.57. The van der Waals surface area contributed by atoms with Gasteiger partial charge >= 0.3 is 0 Å². The van der Waals surface area contributed by atoms with E-state index in [-0.39, 0.29) is 34.5 Å². The van der Waals surface area contributed by atoms with E-state index in [1.54, 1.807) is 30.3 Å². The molecule has 3 fully saturated rings. The van der Waals surface area contributed by atoms with Gasteiger partial charge in [0, 0.05) is 15.4 Å². The molecule has 3 aromatic rings. The SMILES string of the molecule is COc1cc([C@H]2C3=CC[C@@H]4C(=O)N(c5ccc(Cl)cc5)C(=O)[C@@H]4[C@@H]3C[C@@]3(Cl)C(=O)N(c4ccc(F)cc4)C(=O)[C@@]23Cl)c(Br)c(Br)c1O. The predicted octanol–water partition coefficient (Wildman–Crippen LogP) is 7.49. The van der Waals surface area contributed by atoms with Crippen LogP contribution >= 0.6 is 66.7 Å². The number of phenolic OH excluding ortho intramolecular Hbond substituents is 1. The first-order valence-electron chi connectivity index (χ1n) is 14.4. The van der Waals surface area contributed by atoms with Gasteiger partial charge in [-0.2, -0.15) is 0 Å². The van der Waals surface area contributed by atoms with Crippen LogP contribution in [0.5, 0.6) is 11.5 Å². The number of ether oxygens (including phenoxy) is 1. The molecule has 2 aliphatic heterocycles. The van der Waals surface area contributed by atoms with Crippen LogP contribution in [0.4, 0.5) is 15.8 Å². The highest BCUT2D eigenvalue weighted by atomic mass is 79.9. The lowest BCUT2D eigenvalue weighted by Gasteiger charge is -2.51. The molecule has 6 atom stereocenters. The quantitative estimate of drug-likeness (QED) is 0.166. The number of aromatic hydroxyl groups is 1. The Morgan fingerprint density at radius 2 is 1.51 bits per heavy atom. The van der Waals surface area contributed by atoms with E-state index < -0.39 is 62.9 Å². The van der Waals surface area contributed by atoms with Crippen molar-refractivity contribution in [3.63, 3.8) is 0 Å². The standard InChI is InChI=1S/C33H22Br2Cl3FN2O6/c1-47-22-12-20(25(34)26(35)27(22)42)24-18-10-11-19-23(29(44)40(28(19)43)16-6-2-14(36)3-7-16)21(18)13-32(37)30(45)41(31(46)33(24,32)38)17-8-4-15(39)5-9-17/h2-10,12,19,21,23-24,42H,11,13H2,1H3/t19-,21+,23-,24+,32+,33-/m0/s1. The molecule has 7 rings (SSSR count). The number of hydrogen-bond acceptors (Lipinski definition) is 6. The molecule has 1 saturated carbocycles. The van der Waals surface area contributed by atoms with E-state index in [0.717, 1.165) is 21.9 Å². The van der Waals surface area contributed by atoms with Crippen molar-refractivity contribution < 1.29 is 33.4 Å². The normalized spacial score (nSPS) is 29.9. The largest absolute Gasteiger partial charge is 0.503 e. The predicted molar refractivity (Wildman–Crippen MR) is 181 cm³/mol. The van der Waals surface area contributed by atoms with Gasteiger partial charge in [0.2, 0.25) is 11.8 Å². The molecule has 0 bridgehead atoms. The minimum absolute atomic E-state index is 0.0418. The Labute approximate surface area is 299 Å². The highest BCUT2D eigenvalue weighted by molar-refractivity contribution is 9.13. The van der Waals surface area contributed by atoms with Gasteiger partial charge in [-0.05, 0) is 111 Å². The number of anilines is 2. The van der Waals surface area contributed by atoms with E-state index in [0.29, 0.717) is 26.3 Å². The number of allylic oxidation sites excluding steroid dienone is 2. The Bertz CT molecular complexity index is 1940. The molecule has 0 unspecified atom stereocenters. The summed E-state index contributed by atoms with van der Waals surface area (Å²) in [7, 11) is 1.35. The number of benzene rings is 3. The molecule has 0 radical (unpaired) electrons. The molecular formula is C33H22Br2Cl3FN2O6. The molecule has 2 heterocycles. The molecule has 3 aromatic carbocycles. The summed E-state index contributed by atoms with van der Waals surface area (Å²) in [4.78, 5) is 54.7. The summed E-state index contributed by atoms with van der Waals surface area (Å²) < 4.78 is 19.8. The van der Waals surface area contributed by atoms with Crippen molar-refractivity contribution in [2.75, 3.05) is 16.9 Å². The Kier molecular flexibility index (Phi) is 7.83. The van der Waals surface area contributed by atoms with Crippen LogP contribution in [0.2, 0.25) is 5.02 Å². The topological polar surface area (TPSA) is 104 Å². The molecule has 2 aliphatic carbocycles. The molecule has 242 valence electrons. The summed E-state index contributed by atoms with van der Waals surface area (Å²) in [6.45, 7) is 0. The third-order valence-electron chi connectivity index (χ3n) is 9.69. The maximum Gasteiger partial charge on any atom is 0.258 e. The molecule has 2 saturated heterocycles. The number of amides is 4. The first-order valence-corrected chi connectivity index (χ1v) is 17.1. The molecule has 4 aliphatic rings. The van der Waals surface area contributed by atoms with E-state index in [4.69, 9.17) is 39.5 Å². The number of nitrogens with zero attached hydrogens (tertiary/aromatic N) is 2. The third-order valence-corrected chi connectivity index (χ3v) is 13.5. The smallest absolute Gasteiger partial charge is 0.258 e. The van der Waals surface area contributed by atoms with Crippen LogP contribution < -0.4 is 14.5 Å². The van der Waals surface area contributed by atoms with Crippen molar-refractivity contribution in [2.45, 2.75) is 28.5 Å². The number of alkyl halides is 2. The first-order chi connectivity index (χ1) is 22.3. The summed E-state index contributed by atoms with van der Waals surface area (Å²) in [5, 5.41) is 11.2. The van der Waals surface area contributed by atoms with Crippen molar-refractivity contribution in [3.8, 4) is 11.5 Å². The number of methoxy groups -OCH3 is 1. The zero-order valence-corrected chi connectivity index (χ0v) is 29.6. The Morgan fingerprint density at radius 1 is 0.894 bits per heavy atom. The second-order valence-corrected chi connectivity index (χ2v) is 15.1. The molecular weight excluding hydrogens is 806 g/mol. The van der Waals surface area contributed by atoms with Crippen molar-refractivity contribution in [2.24, 2.45) is 17.8 Å². The molecule has 0 spiro atoms. The number of hydrogen-bond donors (Lipinski definition) is 1. The van der Waals surface area contributed by atoms with E-state index in [1.807, 2.05) is 0 Å². The number of fused-ring (bicyclic) bond motifs is 4. The van der Waals surface area contributed by atoms with Gasteiger partial charge in [-0.15, -0.1) is 23.2 Å². The summed E-state index contributed by atoms with van der Waals surface area (Å²) in [6.07, 6.45) is 1.71. The first kappa shape index (κ1) is 32.6. The van der Waals surface area contributed by atoms with Crippen molar-refractivity contribution >= 4 is 102 Å². The number of halogens is 6. The van der Waals surface area contributed by atoms with Crippen molar-refractivity contribution in [1.29, 1.82) is 0 Å². The lowest BCUT2D eigenvalue weighted by molar-refractivity contribution is -0.125. The third kappa shape index (κ3) is 4.42. The molecule has 47 heavy (non-hydrogen) atoms. The number of rotatable bonds is 4. The maximum atomic E-state index is 14.6. The van der Waals surface area contributed by atoms with Gasteiger partial charge in [0.1, 0.15) is 5.82 Å². The zero-order valence-electron chi connectivity index (χ0n) is 24.1. The summed E-state index contributed by atoms with van der Waals surface area (Å²) in [5.41, 5.74) is 1.30. The second kappa shape index (κ2) is 11.3. The Balaban J connectivity index is 1.44. The highest BCUT2D eigenvalue weighted by Gasteiger charge is 2.77. The molecule has 1 N–H and O–H groups in total. The van der Waals surface area contributed by atoms with E-state index in [9.17, 15) is 28.7 Å². The average Bonchev–Trinajstić information content (AvgIpc) is 3.39. The molecule has 4 amide bonds.